The SMILES string of the molecule is CC(=O)[C@@]1(OC(=O)C(C)(C)C)CC[C@H]2[C@@H]3CCC4=CC(=O)C(C)C[C@]4(C)[C@H]3CC[C@@]21C. The van der Waals surface area contributed by atoms with Gasteiger partial charge in [0.25, 0.3) is 0 Å². The van der Waals surface area contributed by atoms with E-state index < -0.39 is 11.0 Å². The number of ether oxygens (including phenoxy) is 1. The molecule has 0 aromatic rings. The molecule has 3 saturated carbocycles. The zero-order valence-electron chi connectivity index (χ0n) is 20.5. The first-order valence-electron chi connectivity index (χ1n) is 12.3. The number of hydrogen-bond donors (Lipinski definition) is 0. The third kappa shape index (κ3) is 3.10. The predicted octanol–water partition coefficient (Wildman–Crippen LogP) is 5.68. The van der Waals surface area contributed by atoms with E-state index in [2.05, 4.69) is 20.8 Å². The minimum Gasteiger partial charge on any atom is -0.450 e. The molecule has 0 amide bonds. The second-order valence-corrected chi connectivity index (χ2v) is 12.5. The fourth-order valence-corrected chi connectivity index (χ4v) is 8.02. The van der Waals surface area contributed by atoms with E-state index in [1.54, 1.807) is 6.92 Å². The van der Waals surface area contributed by atoms with E-state index >= 15 is 0 Å². The van der Waals surface area contributed by atoms with E-state index in [0.717, 1.165) is 38.5 Å². The van der Waals surface area contributed by atoms with Crippen molar-refractivity contribution in [1.82, 2.24) is 0 Å². The van der Waals surface area contributed by atoms with E-state index in [4.69, 9.17) is 4.74 Å². The first kappa shape index (κ1) is 22.7. The molecular formula is C27H40O4. The normalized spacial score (nSPS) is 44.6. The Morgan fingerprint density at radius 3 is 2.32 bits per heavy atom. The number of allylic oxidation sites excluding steroid dienone is 1. The third-order valence-electron chi connectivity index (χ3n) is 9.84. The molecule has 1 unspecified atom stereocenters. The molecule has 7 atom stereocenters. The second-order valence-electron chi connectivity index (χ2n) is 12.5. The number of esters is 1. The third-order valence-corrected chi connectivity index (χ3v) is 9.84. The number of rotatable bonds is 2. The summed E-state index contributed by atoms with van der Waals surface area (Å²) in [6.07, 6.45) is 8.49. The molecule has 0 aromatic carbocycles. The Balaban J connectivity index is 1.69. The van der Waals surface area contributed by atoms with Gasteiger partial charge in [-0.15, -0.1) is 0 Å². The van der Waals surface area contributed by atoms with Gasteiger partial charge >= 0.3 is 5.97 Å². The van der Waals surface area contributed by atoms with Crippen molar-refractivity contribution in [2.75, 3.05) is 0 Å². The quantitative estimate of drug-likeness (QED) is 0.531. The molecule has 31 heavy (non-hydrogen) atoms. The lowest BCUT2D eigenvalue weighted by atomic mass is 9.45. The molecule has 0 saturated heterocycles. The van der Waals surface area contributed by atoms with Gasteiger partial charge in [0, 0.05) is 11.3 Å². The maximum absolute atomic E-state index is 13.1. The van der Waals surface area contributed by atoms with Crippen LogP contribution < -0.4 is 0 Å². The molecule has 4 aliphatic carbocycles. The minimum atomic E-state index is -1.00. The first-order valence-corrected chi connectivity index (χ1v) is 12.3. The Morgan fingerprint density at radius 1 is 1.06 bits per heavy atom. The van der Waals surface area contributed by atoms with Gasteiger partial charge in [0.15, 0.2) is 17.2 Å². The van der Waals surface area contributed by atoms with Gasteiger partial charge in [-0.3, -0.25) is 14.4 Å². The molecule has 4 aliphatic rings. The van der Waals surface area contributed by atoms with Crippen molar-refractivity contribution in [3.63, 3.8) is 0 Å². The number of carbonyl (C=O) groups is 3. The molecule has 0 aromatic heterocycles. The van der Waals surface area contributed by atoms with Crippen molar-refractivity contribution in [1.29, 1.82) is 0 Å². The second kappa shape index (κ2) is 7.02. The maximum atomic E-state index is 13.1. The van der Waals surface area contributed by atoms with Crippen LogP contribution in [0.4, 0.5) is 0 Å². The van der Waals surface area contributed by atoms with Crippen LogP contribution in [0.2, 0.25) is 0 Å². The summed E-state index contributed by atoms with van der Waals surface area (Å²) in [5, 5.41) is 0. The molecule has 0 bridgehead atoms. The lowest BCUT2D eigenvalue weighted by molar-refractivity contribution is -0.195. The molecule has 0 heterocycles. The Hall–Kier alpha value is -1.45. The highest BCUT2D eigenvalue weighted by Gasteiger charge is 2.68. The van der Waals surface area contributed by atoms with Crippen LogP contribution in [0.5, 0.6) is 0 Å². The molecular weight excluding hydrogens is 388 g/mol. The average Bonchev–Trinajstić information content (AvgIpc) is 2.96. The van der Waals surface area contributed by atoms with Gasteiger partial charge < -0.3 is 4.74 Å². The first-order chi connectivity index (χ1) is 14.3. The fourth-order valence-electron chi connectivity index (χ4n) is 8.02. The largest absolute Gasteiger partial charge is 0.450 e. The Morgan fingerprint density at radius 2 is 1.71 bits per heavy atom. The average molecular weight is 429 g/mol. The fraction of sp³-hybridized carbons (Fsp3) is 0.815. The van der Waals surface area contributed by atoms with Crippen LogP contribution >= 0.6 is 0 Å². The van der Waals surface area contributed by atoms with E-state index in [0.29, 0.717) is 24.2 Å². The van der Waals surface area contributed by atoms with E-state index in [1.165, 1.54) is 5.57 Å². The number of hydrogen-bond acceptors (Lipinski definition) is 4. The highest BCUT2D eigenvalue weighted by molar-refractivity contribution is 5.93. The number of Topliss-reactive ketones (excluding diaryl/α,β-unsaturated/α-hetero) is 1. The van der Waals surface area contributed by atoms with Crippen molar-refractivity contribution in [3.8, 4) is 0 Å². The topological polar surface area (TPSA) is 60.4 Å². The van der Waals surface area contributed by atoms with Crippen molar-refractivity contribution >= 4 is 17.5 Å². The highest BCUT2D eigenvalue weighted by atomic mass is 16.6. The van der Waals surface area contributed by atoms with Crippen LogP contribution in [0, 0.1) is 39.9 Å². The predicted molar refractivity (Wildman–Crippen MR) is 120 cm³/mol. The van der Waals surface area contributed by atoms with Crippen LogP contribution in [-0.4, -0.2) is 23.1 Å². The van der Waals surface area contributed by atoms with Crippen LogP contribution in [0.15, 0.2) is 11.6 Å². The van der Waals surface area contributed by atoms with Gasteiger partial charge in [0.1, 0.15) is 0 Å². The summed E-state index contributed by atoms with van der Waals surface area (Å²) < 4.78 is 6.20. The Kier molecular flexibility index (Phi) is 5.15. The summed E-state index contributed by atoms with van der Waals surface area (Å²) in [4.78, 5) is 38.4. The summed E-state index contributed by atoms with van der Waals surface area (Å²) in [5.41, 5.74) is -0.498. The zero-order valence-corrected chi connectivity index (χ0v) is 20.5. The molecule has 3 fully saturated rings. The van der Waals surface area contributed by atoms with Crippen molar-refractivity contribution < 1.29 is 19.1 Å². The minimum absolute atomic E-state index is 0.00745. The van der Waals surface area contributed by atoms with Crippen molar-refractivity contribution in [2.45, 2.75) is 99.0 Å². The molecule has 0 N–H and O–H groups in total. The summed E-state index contributed by atoms with van der Waals surface area (Å²) in [6, 6.07) is 0. The van der Waals surface area contributed by atoms with Gasteiger partial charge in [-0.1, -0.05) is 26.3 Å². The smallest absolute Gasteiger partial charge is 0.312 e. The molecule has 0 radical (unpaired) electrons. The number of fused-ring (bicyclic) bond motifs is 5. The standard InChI is InChI=1S/C27H40O4/c1-16-15-25(6)18(14-22(16)29)8-9-19-20(25)10-12-26(7)21(19)11-13-27(26,17(2)28)31-23(30)24(3,4)5/h14,16,19-21H,8-13,15H2,1-7H3/t16?,19-,20+,21+,25+,26+,27+/m1/s1. The van der Waals surface area contributed by atoms with Gasteiger partial charge in [-0.2, -0.15) is 0 Å². The van der Waals surface area contributed by atoms with Gasteiger partial charge in [0.05, 0.1) is 5.41 Å². The number of ketones is 2. The van der Waals surface area contributed by atoms with E-state index in [1.807, 2.05) is 26.8 Å². The van der Waals surface area contributed by atoms with Crippen molar-refractivity contribution in [2.24, 2.45) is 39.9 Å². The van der Waals surface area contributed by atoms with Crippen LogP contribution in [0.25, 0.3) is 0 Å². The molecule has 4 nitrogen and oxygen atoms in total. The molecule has 4 heteroatoms. The molecule has 0 spiro atoms. The summed E-state index contributed by atoms with van der Waals surface area (Å²) in [5.74, 6) is 1.57. The van der Waals surface area contributed by atoms with Gasteiger partial charge in [-0.25, -0.2) is 0 Å². The number of carbonyl (C=O) groups excluding carboxylic acids is 3. The highest BCUT2D eigenvalue weighted by Crippen LogP contribution is 2.68. The van der Waals surface area contributed by atoms with E-state index in [-0.39, 0.29) is 34.3 Å². The Labute approximate surface area is 187 Å². The summed E-state index contributed by atoms with van der Waals surface area (Å²) >= 11 is 0. The van der Waals surface area contributed by atoms with E-state index in [9.17, 15) is 14.4 Å². The maximum Gasteiger partial charge on any atom is 0.312 e. The summed E-state index contributed by atoms with van der Waals surface area (Å²) in [6.45, 7) is 13.9. The van der Waals surface area contributed by atoms with Crippen LogP contribution in [0.3, 0.4) is 0 Å². The molecule has 0 aliphatic heterocycles. The zero-order chi connectivity index (χ0) is 23.0. The molecule has 172 valence electrons. The summed E-state index contributed by atoms with van der Waals surface area (Å²) in [7, 11) is 0. The van der Waals surface area contributed by atoms with Crippen molar-refractivity contribution in [3.05, 3.63) is 11.6 Å². The van der Waals surface area contributed by atoms with Gasteiger partial charge in [-0.05, 0) is 102 Å². The lowest BCUT2D eigenvalue weighted by Crippen LogP contribution is -2.59. The lowest BCUT2D eigenvalue weighted by Gasteiger charge is -2.59. The monoisotopic (exact) mass is 428 g/mol. The molecule has 4 rings (SSSR count). The van der Waals surface area contributed by atoms with Crippen LogP contribution in [-0.2, 0) is 19.1 Å². The van der Waals surface area contributed by atoms with Gasteiger partial charge in [0.2, 0.25) is 0 Å². The Bertz CT molecular complexity index is 848. The van der Waals surface area contributed by atoms with Crippen LogP contribution in [0.1, 0.15) is 93.4 Å².